The van der Waals surface area contributed by atoms with Gasteiger partial charge in [0.15, 0.2) is 0 Å². The second kappa shape index (κ2) is 33.8. The maximum atomic E-state index is 11.9. The molecular weight excluding hydrogens is 536 g/mol. The lowest BCUT2D eigenvalue weighted by atomic mass is 10.0. The van der Waals surface area contributed by atoms with Crippen LogP contribution in [0.2, 0.25) is 0 Å². The lowest BCUT2D eigenvalue weighted by Crippen LogP contribution is -2.25. The molecule has 0 aliphatic carbocycles. The summed E-state index contributed by atoms with van der Waals surface area (Å²) in [6.07, 6.45) is 34.4. The van der Waals surface area contributed by atoms with Crippen molar-refractivity contribution in [2.45, 2.75) is 213 Å². The van der Waals surface area contributed by atoms with Gasteiger partial charge in [0.05, 0.1) is 0 Å². The quantitative estimate of drug-likeness (QED) is 0.0579. The Morgan fingerprint density at radius 1 is 0.465 bits per heavy atom. The van der Waals surface area contributed by atoms with Gasteiger partial charge in [-0.25, -0.2) is 0 Å². The molecule has 0 unspecified atom stereocenters. The van der Waals surface area contributed by atoms with Gasteiger partial charge in [-0.2, -0.15) is 0 Å². The molecule has 0 radical (unpaired) electrons. The van der Waals surface area contributed by atoms with Gasteiger partial charge in [-0.05, 0) is 18.8 Å². The average Bonchev–Trinajstić information content (AvgIpc) is 2.99. The third-order valence-electron chi connectivity index (χ3n) is 8.52. The number of aliphatic hydroxyl groups excluding tert-OH is 1. The summed E-state index contributed by atoms with van der Waals surface area (Å²) >= 11 is 0. The number of aliphatic hydroxyl groups is 1. The normalized spacial score (nSPS) is 12.1. The molecule has 0 fully saturated rings. The Labute approximate surface area is 268 Å². The Kier molecular flexibility index (Phi) is 32.9. The number of carbonyl (C=O) groups is 2. The van der Waals surface area contributed by atoms with E-state index in [1.807, 2.05) is 0 Å². The standard InChI is InChI=1S/C38H74O5/c1-4-5-6-7-8-9-10-11-12-13-16-19-22-25-28-31-37(40)42-33-36(39)34-43-38(41)32-29-26-23-20-17-14-15-18-21-24-27-30-35(2)3/h35-36,39H,4-34H2,1-3H3/t36-/m1/s1. The van der Waals surface area contributed by atoms with Crippen LogP contribution in [0.4, 0.5) is 0 Å². The topological polar surface area (TPSA) is 72.8 Å². The van der Waals surface area contributed by atoms with Crippen LogP contribution in [-0.2, 0) is 19.1 Å². The maximum absolute atomic E-state index is 11.9. The van der Waals surface area contributed by atoms with E-state index in [9.17, 15) is 14.7 Å². The zero-order valence-electron chi connectivity index (χ0n) is 29.2. The minimum atomic E-state index is -0.954. The van der Waals surface area contributed by atoms with E-state index in [0.717, 1.165) is 31.6 Å². The molecule has 0 rings (SSSR count). The number of hydrogen-bond donors (Lipinski definition) is 1. The van der Waals surface area contributed by atoms with Gasteiger partial charge in [-0.3, -0.25) is 9.59 Å². The summed E-state index contributed by atoms with van der Waals surface area (Å²) in [6, 6.07) is 0. The molecule has 256 valence electrons. The highest BCUT2D eigenvalue weighted by atomic mass is 16.6. The first-order chi connectivity index (χ1) is 21.0. The van der Waals surface area contributed by atoms with Crippen LogP contribution in [0.1, 0.15) is 207 Å². The molecular formula is C38H74O5. The summed E-state index contributed by atoms with van der Waals surface area (Å²) in [5.41, 5.74) is 0. The zero-order chi connectivity index (χ0) is 31.6. The van der Waals surface area contributed by atoms with Crippen molar-refractivity contribution in [3.05, 3.63) is 0 Å². The lowest BCUT2D eigenvalue weighted by Gasteiger charge is -2.12. The number of carbonyl (C=O) groups excluding carboxylic acids is 2. The second-order valence-corrected chi connectivity index (χ2v) is 13.5. The number of hydrogen-bond acceptors (Lipinski definition) is 5. The highest BCUT2D eigenvalue weighted by molar-refractivity contribution is 5.69. The largest absolute Gasteiger partial charge is 0.463 e. The third-order valence-corrected chi connectivity index (χ3v) is 8.52. The van der Waals surface area contributed by atoms with Crippen LogP contribution >= 0.6 is 0 Å². The highest BCUT2D eigenvalue weighted by Gasteiger charge is 2.12. The molecule has 0 aliphatic heterocycles. The lowest BCUT2D eigenvalue weighted by molar-refractivity contribution is -0.152. The summed E-state index contributed by atoms with van der Waals surface area (Å²) in [5.74, 6) is 0.283. The van der Waals surface area contributed by atoms with Gasteiger partial charge in [0.2, 0.25) is 0 Å². The van der Waals surface area contributed by atoms with E-state index in [-0.39, 0.29) is 25.2 Å². The van der Waals surface area contributed by atoms with Gasteiger partial charge >= 0.3 is 11.9 Å². The first-order valence-corrected chi connectivity index (χ1v) is 18.9. The molecule has 0 heterocycles. The Bertz CT molecular complexity index is 591. The SMILES string of the molecule is CCCCCCCCCCCCCCCCCC(=O)OC[C@@H](O)COC(=O)CCCCCCCCCCCCCC(C)C. The highest BCUT2D eigenvalue weighted by Crippen LogP contribution is 2.15. The van der Waals surface area contributed by atoms with Crippen molar-refractivity contribution in [3.8, 4) is 0 Å². The average molecular weight is 611 g/mol. The number of esters is 2. The van der Waals surface area contributed by atoms with E-state index in [2.05, 4.69) is 20.8 Å². The summed E-state index contributed by atoms with van der Waals surface area (Å²) < 4.78 is 10.3. The zero-order valence-corrected chi connectivity index (χ0v) is 29.2. The number of rotatable bonds is 34. The molecule has 0 aromatic heterocycles. The fraction of sp³-hybridized carbons (Fsp3) is 0.947. The third kappa shape index (κ3) is 35.3. The molecule has 1 atom stereocenters. The van der Waals surface area contributed by atoms with Crippen LogP contribution in [0.25, 0.3) is 0 Å². The minimum Gasteiger partial charge on any atom is -0.463 e. The van der Waals surface area contributed by atoms with E-state index in [1.54, 1.807) is 0 Å². The molecule has 0 saturated heterocycles. The molecule has 0 aromatic rings. The van der Waals surface area contributed by atoms with Crippen LogP contribution in [-0.4, -0.2) is 36.4 Å². The first kappa shape index (κ1) is 41.9. The summed E-state index contributed by atoms with van der Waals surface area (Å²) in [6.45, 7) is 6.66. The first-order valence-electron chi connectivity index (χ1n) is 18.9. The maximum Gasteiger partial charge on any atom is 0.305 e. The van der Waals surface area contributed by atoms with Crippen LogP contribution in [0.15, 0.2) is 0 Å². The van der Waals surface area contributed by atoms with E-state index in [4.69, 9.17) is 9.47 Å². The fourth-order valence-electron chi connectivity index (χ4n) is 5.62. The molecule has 0 aromatic carbocycles. The second-order valence-electron chi connectivity index (χ2n) is 13.5. The van der Waals surface area contributed by atoms with Crippen molar-refractivity contribution in [3.63, 3.8) is 0 Å². The van der Waals surface area contributed by atoms with Gasteiger partial charge in [0, 0.05) is 12.8 Å². The van der Waals surface area contributed by atoms with Crippen LogP contribution < -0.4 is 0 Å². The Morgan fingerprint density at radius 3 is 1.05 bits per heavy atom. The van der Waals surface area contributed by atoms with Gasteiger partial charge in [0.25, 0.3) is 0 Å². The predicted octanol–water partition coefficient (Wildman–Crippen LogP) is 11.4. The van der Waals surface area contributed by atoms with Crippen molar-refractivity contribution in [1.82, 2.24) is 0 Å². The van der Waals surface area contributed by atoms with Gasteiger partial charge in [0.1, 0.15) is 19.3 Å². The summed E-state index contributed by atoms with van der Waals surface area (Å²) in [4.78, 5) is 23.9. The molecule has 5 nitrogen and oxygen atoms in total. The summed E-state index contributed by atoms with van der Waals surface area (Å²) in [7, 11) is 0. The molecule has 0 spiro atoms. The molecule has 1 N–H and O–H groups in total. The Morgan fingerprint density at radius 2 is 0.744 bits per heavy atom. The van der Waals surface area contributed by atoms with Crippen molar-refractivity contribution in [1.29, 1.82) is 0 Å². The number of ether oxygens (including phenoxy) is 2. The van der Waals surface area contributed by atoms with Crippen molar-refractivity contribution in [2.24, 2.45) is 5.92 Å². The Hall–Kier alpha value is -1.10. The van der Waals surface area contributed by atoms with E-state index in [1.165, 1.54) is 148 Å². The molecule has 0 saturated carbocycles. The van der Waals surface area contributed by atoms with Crippen molar-refractivity contribution < 1.29 is 24.2 Å². The predicted molar refractivity (Wildman–Crippen MR) is 182 cm³/mol. The molecule has 0 bridgehead atoms. The monoisotopic (exact) mass is 611 g/mol. The van der Waals surface area contributed by atoms with E-state index in [0.29, 0.717) is 12.8 Å². The van der Waals surface area contributed by atoms with Crippen molar-refractivity contribution in [2.75, 3.05) is 13.2 Å². The van der Waals surface area contributed by atoms with Crippen molar-refractivity contribution >= 4 is 11.9 Å². The summed E-state index contributed by atoms with van der Waals surface area (Å²) in [5, 5.41) is 9.99. The molecule has 5 heteroatoms. The Balaban J connectivity index is 3.39. The fourth-order valence-corrected chi connectivity index (χ4v) is 5.62. The van der Waals surface area contributed by atoms with Crippen LogP contribution in [0.5, 0.6) is 0 Å². The van der Waals surface area contributed by atoms with E-state index < -0.39 is 6.10 Å². The minimum absolute atomic E-state index is 0.108. The smallest absolute Gasteiger partial charge is 0.305 e. The molecule has 43 heavy (non-hydrogen) atoms. The molecule has 0 aliphatic rings. The van der Waals surface area contributed by atoms with Gasteiger partial charge < -0.3 is 14.6 Å². The number of unbranched alkanes of at least 4 members (excludes halogenated alkanes) is 24. The van der Waals surface area contributed by atoms with Gasteiger partial charge in [-0.15, -0.1) is 0 Å². The van der Waals surface area contributed by atoms with Crippen LogP contribution in [0, 0.1) is 5.92 Å². The van der Waals surface area contributed by atoms with Crippen LogP contribution in [0.3, 0.4) is 0 Å². The van der Waals surface area contributed by atoms with Gasteiger partial charge in [-0.1, -0.05) is 181 Å². The van der Waals surface area contributed by atoms with E-state index >= 15 is 0 Å². The molecule has 0 amide bonds.